The summed E-state index contributed by atoms with van der Waals surface area (Å²) in [7, 11) is 0. The summed E-state index contributed by atoms with van der Waals surface area (Å²) in [5.74, 6) is 0.728. The highest BCUT2D eigenvalue weighted by Crippen LogP contribution is 2.22. The van der Waals surface area contributed by atoms with Crippen LogP contribution >= 0.6 is 0 Å². The van der Waals surface area contributed by atoms with Gasteiger partial charge in [0.2, 0.25) is 0 Å². The van der Waals surface area contributed by atoms with Crippen LogP contribution < -0.4 is 10.2 Å². The molecule has 2 atom stereocenters. The van der Waals surface area contributed by atoms with Gasteiger partial charge in [0, 0.05) is 6.42 Å². The Morgan fingerprint density at radius 3 is 1.94 bits per heavy atom. The molecule has 34 heavy (non-hydrogen) atoms. The third-order valence-electron chi connectivity index (χ3n) is 5.21. The van der Waals surface area contributed by atoms with Gasteiger partial charge in [0.25, 0.3) is 0 Å². The van der Waals surface area contributed by atoms with E-state index in [0.717, 1.165) is 21.9 Å². The molecule has 0 spiro atoms. The lowest BCUT2D eigenvalue weighted by Crippen LogP contribution is -2.51. The number of benzene rings is 3. The van der Waals surface area contributed by atoms with Gasteiger partial charge in [-0.25, -0.2) is 20.0 Å². The number of hydrogen-bond donors (Lipinski definition) is 1. The van der Waals surface area contributed by atoms with Crippen LogP contribution in [0.2, 0.25) is 0 Å². The molecule has 2 amide bonds. The van der Waals surface area contributed by atoms with Gasteiger partial charge in [-0.2, -0.15) is 0 Å². The minimum absolute atomic E-state index is 0.0806. The van der Waals surface area contributed by atoms with Crippen molar-refractivity contribution in [1.82, 2.24) is 10.4 Å². The molecule has 0 aromatic heterocycles. The SMILES string of the molecule is O=C(NN(C(=O)OCc1ccccc1)[C@@H]1C=C[C@H](Oc2ccccc2)C1)OCc1ccccc1. The summed E-state index contributed by atoms with van der Waals surface area (Å²) in [5, 5.41) is 1.15. The van der Waals surface area contributed by atoms with E-state index >= 15 is 0 Å². The predicted molar refractivity (Wildman–Crippen MR) is 127 cm³/mol. The van der Waals surface area contributed by atoms with Crippen molar-refractivity contribution in [2.75, 3.05) is 0 Å². The number of carbonyl (C=O) groups excluding carboxylic acids is 2. The van der Waals surface area contributed by atoms with Crippen LogP contribution in [0.5, 0.6) is 5.75 Å². The molecule has 0 radical (unpaired) electrons. The molecule has 1 aliphatic rings. The smallest absolute Gasteiger partial charge is 0.429 e. The minimum atomic E-state index is -0.749. The molecule has 0 bridgehead atoms. The summed E-state index contributed by atoms with van der Waals surface area (Å²) in [5.41, 5.74) is 4.22. The Morgan fingerprint density at radius 1 is 0.765 bits per heavy atom. The van der Waals surface area contributed by atoms with Crippen LogP contribution in [0.1, 0.15) is 17.5 Å². The third kappa shape index (κ3) is 6.62. The summed E-state index contributed by atoms with van der Waals surface area (Å²) in [6.45, 7) is 0.164. The second-order valence-corrected chi connectivity index (χ2v) is 7.74. The van der Waals surface area contributed by atoms with Crippen LogP contribution in [0.3, 0.4) is 0 Å². The monoisotopic (exact) mass is 458 g/mol. The fraction of sp³-hybridized carbons (Fsp3) is 0.185. The standard InChI is InChI=1S/C27H26N2O5/c30-26(32-19-21-10-4-1-5-11-21)28-29(27(31)33-20-22-12-6-2-7-13-22)23-16-17-25(18-23)34-24-14-8-3-9-15-24/h1-17,23,25H,18-20H2,(H,28,30)/t23-,25+/m1/s1. The first-order valence-corrected chi connectivity index (χ1v) is 11.0. The van der Waals surface area contributed by atoms with E-state index in [0.29, 0.717) is 6.42 Å². The van der Waals surface area contributed by atoms with Gasteiger partial charge < -0.3 is 14.2 Å². The lowest BCUT2D eigenvalue weighted by atomic mass is 10.2. The van der Waals surface area contributed by atoms with Crippen molar-refractivity contribution >= 4 is 12.2 Å². The van der Waals surface area contributed by atoms with Gasteiger partial charge in [-0.3, -0.25) is 0 Å². The van der Waals surface area contributed by atoms with Gasteiger partial charge in [-0.1, -0.05) is 84.9 Å². The Kier molecular flexibility index (Phi) is 7.79. The first-order valence-electron chi connectivity index (χ1n) is 11.0. The van der Waals surface area contributed by atoms with Crippen molar-refractivity contribution in [3.05, 3.63) is 114 Å². The van der Waals surface area contributed by atoms with E-state index in [-0.39, 0.29) is 19.3 Å². The summed E-state index contributed by atoms with van der Waals surface area (Å²) in [4.78, 5) is 25.4. The van der Waals surface area contributed by atoms with Crippen molar-refractivity contribution in [3.63, 3.8) is 0 Å². The summed E-state index contributed by atoms with van der Waals surface area (Å²) in [6, 6.07) is 27.6. The van der Waals surface area contributed by atoms with Gasteiger partial charge in [0.15, 0.2) is 0 Å². The Balaban J connectivity index is 1.38. The maximum Gasteiger partial charge on any atom is 0.429 e. The molecular formula is C27H26N2O5. The Bertz CT molecular complexity index is 1090. The third-order valence-corrected chi connectivity index (χ3v) is 5.21. The van der Waals surface area contributed by atoms with E-state index < -0.39 is 18.2 Å². The van der Waals surface area contributed by atoms with Gasteiger partial charge in [-0.15, -0.1) is 0 Å². The Labute approximate surface area is 198 Å². The molecule has 0 unspecified atom stereocenters. The average molecular weight is 459 g/mol. The van der Waals surface area contributed by atoms with Crippen molar-refractivity contribution in [2.45, 2.75) is 31.8 Å². The normalized spacial score (nSPS) is 16.5. The zero-order valence-corrected chi connectivity index (χ0v) is 18.6. The molecule has 0 saturated carbocycles. The molecule has 0 fully saturated rings. The second-order valence-electron chi connectivity index (χ2n) is 7.74. The van der Waals surface area contributed by atoms with E-state index in [9.17, 15) is 9.59 Å². The molecule has 0 heterocycles. The predicted octanol–water partition coefficient (Wildman–Crippen LogP) is 5.24. The number of para-hydroxylation sites is 1. The van der Waals surface area contributed by atoms with Gasteiger partial charge >= 0.3 is 12.2 Å². The fourth-order valence-electron chi connectivity index (χ4n) is 3.51. The van der Waals surface area contributed by atoms with Gasteiger partial charge in [0.1, 0.15) is 25.1 Å². The Hall–Kier alpha value is -4.26. The number of ether oxygens (including phenoxy) is 3. The average Bonchev–Trinajstić information content (AvgIpc) is 3.34. The quantitative estimate of drug-likeness (QED) is 0.387. The van der Waals surface area contributed by atoms with Crippen LogP contribution in [0, 0.1) is 0 Å². The number of nitrogens with zero attached hydrogens (tertiary/aromatic N) is 1. The number of hydrazine groups is 1. The molecule has 3 aromatic rings. The van der Waals surface area contributed by atoms with Crippen LogP contribution in [0.15, 0.2) is 103 Å². The summed E-state index contributed by atoms with van der Waals surface area (Å²) < 4.78 is 16.7. The van der Waals surface area contributed by atoms with Crippen molar-refractivity contribution in [1.29, 1.82) is 0 Å². The fourth-order valence-corrected chi connectivity index (χ4v) is 3.51. The van der Waals surface area contributed by atoms with Crippen LogP contribution in [-0.4, -0.2) is 29.3 Å². The van der Waals surface area contributed by atoms with Crippen molar-refractivity contribution in [2.24, 2.45) is 0 Å². The maximum absolute atomic E-state index is 12.9. The van der Waals surface area contributed by atoms with Crippen molar-refractivity contribution < 1.29 is 23.8 Å². The minimum Gasteiger partial charge on any atom is -0.486 e. The van der Waals surface area contributed by atoms with E-state index in [1.165, 1.54) is 0 Å². The lowest BCUT2D eigenvalue weighted by Gasteiger charge is -2.27. The highest BCUT2D eigenvalue weighted by Gasteiger charge is 2.32. The molecule has 0 saturated heterocycles. The zero-order chi connectivity index (χ0) is 23.6. The molecular weight excluding hydrogens is 432 g/mol. The molecule has 1 N–H and O–H groups in total. The molecule has 3 aromatic carbocycles. The molecule has 0 aliphatic heterocycles. The van der Waals surface area contributed by atoms with Crippen LogP contribution in [0.4, 0.5) is 9.59 Å². The highest BCUT2D eigenvalue weighted by molar-refractivity contribution is 5.74. The van der Waals surface area contributed by atoms with E-state index in [2.05, 4.69) is 5.43 Å². The number of hydrogen-bond acceptors (Lipinski definition) is 5. The number of amides is 2. The first kappa shape index (κ1) is 22.9. The first-order chi connectivity index (χ1) is 16.7. The number of nitrogens with one attached hydrogen (secondary N) is 1. The summed E-state index contributed by atoms with van der Waals surface area (Å²) >= 11 is 0. The van der Waals surface area contributed by atoms with Crippen LogP contribution in [0.25, 0.3) is 0 Å². The van der Waals surface area contributed by atoms with E-state index in [1.54, 1.807) is 0 Å². The number of carbonyl (C=O) groups is 2. The maximum atomic E-state index is 12.9. The van der Waals surface area contributed by atoms with E-state index in [4.69, 9.17) is 14.2 Å². The molecule has 4 rings (SSSR count). The Morgan fingerprint density at radius 2 is 1.32 bits per heavy atom. The van der Waals surface area contributed by atoms with Crippen LogP contribution in [-0.2, 0) is 22.7 Å². The molecule has 7 nitrogen and oxygen atoms in total. The molecule has 7 heteroatoms. The molecule has 174 valence electrons. The number of rotatable bonds is 7. The second kappa shape index (κ2) is 11.6. The summed E-state index contributed by atoms with van der Waals surface area (Å²) in [6.07, 6.45) is 2.45. The largest absolute Gasteiger partial charge is 0.486 e. The van der Waals surface area contributed by atoms with Gasteiger partial charge in [0.05, 0.1) is 6.04 Å². The molecule has 1 aliphatic carbocycles. The topological polar surface area (TPSA) is 77.1 Å². The highest BCUT2D eigenvalue weighted by atomic mass is 16.6. The lowest BCUT2D eigenvalue weighted by molar-refractivity contribution is 0.0504. The van der Waals surface area contributed by atoms with Gasteiger partial charge in [-0.05, 0) is 29.3 Å². The van der Waals surface area contributed by atoms with Crippen molar-refractivity contribution in [3.8, 4) is 5.75 Å². The zero-order valence-electron chi connectivity index (χ0n) is 18.6. The van der Waals surface area contributed by atoms with E-state index in [1.807, 2.05) is 103 Å².